The fourth-order valence-electron chi connectivity index (χ4n) is 5.84. The summed E-state index contributed by atoms with van der Waals surface area (Å²) in [6.45, 7) is 15.5. The average Bonchev–Trinajstić information content (AvgIpc) is 3.20. The second-order valence-corrected chi connectivity index (χ2v) is 19.6. The minimum absolute atomic E-state index is 0.117. The van der Waals surface area contributed by atoms with Gasteiger partial charge in [0.25, 0.3) is 0 Å². The number of rotatable bonds is 14. The van der Waals surface area contributed by atoms with Gasteiger partial charge in [-0.2, -0.15) is 4.58 Å². The Balaban J connectivity index is 1.97. The van der Waals surface area contributed by atoms with Crippen molar-refractivity contribution in [1.82, 2.24) is 0 Å². The largest absolute Gasteiger partial charge is 0.748 e. The van der Waals surface area contributed by atoms with Crippen LogP contribution in [0.5, 0.6) is 0 Å². The maximum absolute atomic E-state index is 11.5. The van der Waals surface area contributed by atoms with E-state index in [0.717, 1.165) is 54.9 Å². The third-order valence-electron chi connectivity index (χ3n) is 8.46. The van der Waals surface area contributed by atoms with Crippen molar-refractivity contribution < 1.29 is 32.2 Å². The summed E-state index contributed by atoms with van der Waals surface area (Å²) in [5, 5.41) is 9.12. The summed E-state index contributed by atoms with van der Waals surface area (Å²) in [4.78, 5) is 11.1. The summed E-state index contributed by atoms with van der Waals surface area (Å²) in [5.74, 6) is 0.668. The Morgan fingerprint density at radius 1 is 0.918 bits per heavy atom. The molecule has 0 amide bonds. The first-order valence-corrected chi connectivity index (χ1v) is 21.3. The highest BCUT2D eigenvalue weighted by Crippen LogP contribution is 2.48. The fraction of sp³-hybridized carbons (Fsp3) is 0.474. The van der Waals surface area contributed by atoms with Crippen LogP contribution in [0.4, 0.5) is 5.69 Å². The SMILES string of the molecule is CC(C)(C)C1=CC(=C/C=C/C=C/C=C/C2=[N+](CCCS(=O)(=O)[O-])c3cc(I)c(I)c(I)c3C2(C)CCCCCC(=O)O)C=C(C(C)(C)C)O1. The number of nitrogens with zero attached hydrogens (tertiary/aromatic N) is 1. The highest BCUT2D eigenvalue weighted by Gasteiger charge is 2.49. The zero-order chi connectivity index (χ0) is 36.8. The number of carbonyl (C=O) groups is 1. The third kappa shape index (κ3) is 11.9. The van der Waals surface area contributed by atoms with Crippen LogP contribution in [-0.2, 0) is 25.1 Å². The Morgan fingerprint density at radius 2 is 1.51 bits per heavy atom. The van der Waals surface area contributed by atoms with Crippen LogP contribution in [-0.4, -0.2) is 46.6 Å². The van der Waals surface area contributed by atoms with Crippen LogP contribution in [0.15, 0.2) is 77.8 Å². The van der Waals surface area contributed by atoms with Gasteiger partial charge in [-0.05, 0) is 105 Å². The molecule has 0 radical (unpaired) electrons. The van der Waals surface area contributed by atoms with Crippen LogP contribution in [0.3, 0.4) is 0 Å². The van der Waals surface area contributed by atoms with Crippen LogP contribution in [0, 0.1) is 21.5 Å². The Kier molecular flexibility index (Phi) is 15.0. The summed E-state index contributed by atoms with van der Waals surface area (Å²) < 4.78 is 46.4. The number of halogens is 3. The monoisotopic (exact) mass is 1030 g/mol. The Morgan fingerprint density at radius 3 is 2.08 bits per heavy atom. The molecule has 1 atom stereocenters. The van der Waals surface area contributed by atoms with Crippen LogP contribution < -0.4 is 0 Å². The van der Waals surface area contributed by atoms with E-state index >= 15 is 0 Å². The first-order valence-electron chi connectivity index (χ1n) is 16.5. The minimum atomic E-state index is -4.34. The molecule has 2 aliphatic heterocycles. The smallest absolute Gasteiger partial charge is 0.303 e. The number of fused-ring (bicyclic) bond motifs is 1. The van der Waals surface area contributed by atoms with Gasteiger partial charge in [-0.15, -0.1) is 0 Å². The van der Waals surface area contributed by atoms with Crippen molar-refractivity contribution in [3.8, 4) is 0 Å². The maximum atomic E-state index is 11.5. The first kappa shape index (κ1) is 42.1. The molecule has 0 bridgehead atoms. The lowest BCUT2D eigenvalue weighted by Crippen LogP contribution is -2.32. The number of hydrogen-bond donors (Lipinski definition) is 1. The molecule has 0 aliphatic carbocycles. The number of benzene rings is 1. The van der Waals surface area contributed by atoms with Crippen molar-refractivity contribution in [3.05, 3.63) is 94.1 Å². The molecular weight excluding hydrogens is 979 g/mol. The number of carboxylic acid groups (broad SMARTS) is 1. The van der Waals surface area contributed by atoms with Crippen molar-refractivity contribution in [1.29, 1.82) is 0 Å². The second-order valence-electron chi connectivity index (χ2n) is 14.7. The van der Waals surface area contributed by atoms with E-state index in [0.29, 0.717) is 13.0 Å². The summed E-state index contributed by atoms with van der Waals surface area (Å²) in [5.41, 5.74) is 3.72. The molecule has 11 heteroatoms. The van der Waals surface area contributed by atoms with Crippen LogP contribution in [0.2, 0.25) is 0 Å². The number of hydrogen-bond acceptors (Lipinski definition) is 5. The van der Waals surface area contributed by atoms with E-state index in [1.165, 1.54) is 9.13 Å². The molecule has 2 aliphatic rings. The second kappa shape index (κ2) is 17.5. The molecule has 1 aromatic carbocycles. The van der Waals surface area contributed by atoms with Gasteiger partial charge >= 0.3 is 5.97 Å². The normalized spacial score (nSPS) is 18.8. The van der Waals surface area contributed by atoms with Crippen LogP contribution >= 0.6 is 67.8 Å². The van der Waals surface area contributed by atoms with Gasteiger partial charge < -0.3 is 14.4 Å². The van der Waals surface area contributed by atoms with Gasteiger partial charge in [0.15, 0.2) is 5.71 Å². The van der Waals surface area contributed by atoms with E-state index in [4.69, 9.17) is 9.84 Å². The molecule has 268 valence electrons. The van der Waals surface area contributed by atoms with Crippen molar-refractivity contribution in [2.45, 2.75) is 92.4 Å². The van der Waals surface area contributed by atoms with Gasteiger partial charge in [0.05, 0.1) is 21.1 Å². The topological polar surface area (TPSA) is 107 Å². The van der Waals surface area contributed by atoms with Gasteiger partial charge in [-0.1, -0.05) is 90.8 Å². The van der Waals surface area contributed by atoms with E-state index in [9.17, 15) is 17.8 Å². The highest BCUT2D eigenvalue weighted by atomic mass is 127. The van der Waals surface area contributed by atoms with Crippen molar-refractivity contribution >= 4 is 95.3 Å². The van der Waals surface area contributed by atoms with Crippen molar-refractivity contribution in [2.24, 2.45) is 10.8 Å². The molecule has 0 aromatic heterocycles. The summed E-state index contributed by atoms with van der Waals surface area (Å²) in [7, 11) is -4.34. The van der Waals surface area contributed by atoms with Crippen LogP contribution in [0.25, 0.3) is 0 Å². The summed E-state index contributed by atoms with van der Waals surface area (Å²) >= 11 is 7.13. The van der Waals surface area contributed by atoms with Crippen LogP contribution in [0.1, 0.15) is 92.6 Å². The third-order valence-corrected chi connectivity index (χ3v) is 14.4. The van der Waals surface area contributed by atoms with E-state index < -0.39 is 27.3 Å². The predicted octanol–water partition coefficient (Wildman–Crippen LogP) is 10.3. The lowest BCUT2D eigenvalue weighted by molar-refractivity contribution is -0.437. The zero-order valence-electron chi connectivity index (χ0n) is 29.4. The molecule has 2 heterocycles. The lowest BCUT2D eigenvalue weighted by Gasteiger charge is -2.32. The lowest BCUT2D eigenvalue weighted by atomic mass is 9.75. The summed E-state index contributed by atoms with van der Waals surface area (Å²) in [6.07, 6.45) is 21.8. The van der Waals surface area contributed by atoms with E-state index in [1.807, 2.05) is 30.4 Å². The number of ether oxygens (including phenoxy) is 1. The number of carboxylic acids is 1. The fourth-order valence-corrected chi connectivity index (χ4v) is 8.99. The van der Waals surface area contributed by atoms with E-state index in [2.05, 4.69) is 151 Å². The Bertz CT molecular complexity index is 1720. The first-order chi connectivity index (χ1) is 22.6. The molecule has 0 saturated carbocycles. The van der Waals surface area contributed by atoms with Gasteiger partial charge in [-0.25, -0.2) is 8.42 Å². The molecule has 3 rings (SSSR count). The standard InChI is InChI=1S/C38H48I3NO6S/c1-36(2,3)30-23-26(24-31(48-30)37(4,5)6)17-12-9-8-10-13-18-29-38(7,20-15-11-14-19-32(43)44)33-28(25-27(39)34(40)35(33)41)42(29)21-16-22-49(45,46)47/h8-10,12-13,17-18,23-25H,11,14-16,19-22H2,1-7H3,(H-,43,44,45,46,47)/b10-8+,12-9+,18-13+. The minimum Gasteiger partial charge on any atom is -0.748 e. The van der Waals surface area contributed by atoms with Crippen molar-refractivity contribution in [2.75, 3.05) is 12.3 Å². The molecule has 0 spiro atoms. The number of unbranched alkanes of at least 4 members (excludes halogenated alkanes) is 2. The summed E-state index contributed by atoms with van der Waals surface area (Å²) in [6, 6.07) is 2.15. The van der Waals surface area contributed by atoms with Crippen molar-refractivity contribution in [3.63, 3.8) is 0 Å². The maximum Gasteiger partial charge on any atom is 0.303 e. The van der Waals surface area contributed by atoms with Gasteiger partial charge in [0.1, 0.15) is 18.1 Å². The van der Waals surface area contributed by atoms with E-state index in [1.54, 1.807) is 0 Å². The molecule has 0 saturated heterocycles. The predicted molar refractivity (Wildman–Crippen MR) is 223 cm³/mol. The van der Waals surface area contributed by atoms with Gasteiger partial charge in [0, 0.05) is 52.3 Å². The molecule has 7 nitrogen and oxygen atoms in total. The Labute approximate surface area is 334 Å². The zero-order valence-corrected chi connectivity index (χ0v) is 36.7. The molecule has 1 unspecified atom stereocenters. The number of allylic oxidation sites excluding steroid dienone is 12. The molecule has 0 fully saturated rings. The molecule has 49 heavy (non-hydrogen) atoms. The number of aliphatic carboxylic acids is 1. The van der Waals surface area contributed by atoms with E-state index in [-0.39, 0.29) is 23.7 Å². The highest BCUT2D eigenvalue weighted by molar-refractivity contribution is 14.1. The molecule has 1 aromatic rings. The molecule has 1 N–H and O–H groups in total. The Hall–Kier alpha value is -1.30. The van der Waals surface area contributed by atoms with Gasteiger partial charge in [-0.3, -0.25) is 4.79 Å². The average molecular weight is 1030 g/mol. The molecular formula is C38H48I3NO6S. The quantitative estimate of drug-likeness (QED) is 0.0497. The van der Waals surface area contributed by atoms with Gasteiger partial charge in [0.2, 0.25) is 5.69 Å².